The van der Waals surface area contributed by atoms with E-state index in [1.807, 2.05) is 30.3 Å². The maximum atomic E-state index is 12.4. The molecule has 1 aliphatic rings. The van der Waals surface area contributed by atoms with Gasteiger partial charge >= 0.3 is 0 Å². The van der Waals surface area contributed by atoms with E-state index in [1.165, 1.54) is 16.1 Å². The van der Waals surface area contributed by atoms with Crippen LogP contribution in [-0.4, -0.2) is 56.0 Å². The second-order valence-corrected chi connectivity index (χ2v) is 8.73. The lowest BCUT2D eigenvalue weighted by molar-refractivity contribution is -0.132. The average Bonchev–Trinajstić information content (AvgIpc) is 2.54. The lowest BCUT2D eigenvalue weighted by Gasteiger charge is -2.32. The first-order valence-corrected chi connectivity index (χ1v) is 10.5. The fourth-order valence-electron chi connectivity index (χ4n) is 2.98. The summed E-state index contributed by atoms with van der Waals surface area (Å²) in [5.41, 5.74) is 1.18. The van der Waals surface area contributed by atoms with Crippen molar-refractivity contribution in [1.29, 1.82) is 0 Å². The van der Waals surface area contributed by atoms with Crippen LogP contribution in [0.1, 0.15) is 31.7 Å². The first-order chi connectivity index (χ1) is 11.4. The Labute approximate surface area is 145 Å². The normalized spacial score (nSPS) is 16.5. The summed E-state index contributed by atoms with van der Waals surface area (Å²) in [6, 6.07) is 9.98. The molecule has 0 saturated carbocycles. The van der Waals surface area contributed by atoms with Gasteiger partial charge in [0.2, 0.25) is 15.9 Å². The molecule has 0 aromatic heterocycles. The molecule has 6 heteroatoms. The van der Waals surface area contributed by atoms with Crippen molar-refractivity contribution in [3.05, 3.63) is 35.9 Å². The van der Waals surface area contributed by atoms with Crippen molar-refractivity contribution in [3.63, 3.8) is 0 Å². The standard InChI is InChI=1S/C18H28N2O3S/c1-16-10-13-19(14-11-16)18(21)15-20(24(2,22)23)12-6-9-17-7-4-3-5-8-17/h3-5,7-8,16H,6,9-15H2,1-2H3. The third-order valence-electron chi connectivity index (χ3n) is 4.63. The van der Waals surface area contributed by atoms with E-state index in [1.54, 1.807) is 4.90 Å². The molecule has 0 atom stereocenters. The van der Waals surface area contributed by atoms with E-state index in [4.69, 9.17) is 0 Å². The Kier molecular flexibility index (Phi) is 6.80. The molecule has 0 N–H and O–H groups in total. The van der Waals surface area contributed by atoms with E-state index >= 15 is 0 Å². The highest BCUT2D eigenvalue weighted by atomic mass is 32.2. The lowest BCUT2D eigenvalue weighted by atomic mass is 9.99. The monoisotopic (exact) mass is 352 g/mol. The number of carbonyl (C=O) groups is 1. The van der Waals surface area contributed by atoms with E-state index in [0.29, 0.717) is 18.9 Å². The van der Waals surface area contributed by atoms with Crippen molar-refractivity contribution in [2.45, 2.75) is 32.6 Å². The van der Waals surface area contributed by atoms with Crippen LogP contribution >= 0.6 is 0 Å². The van der Waals surface area contributed by atoms with Crippen molar-refractivity contribution in [3.8, 4) is 0 Å². The number of rotatable bonds is 7. The summed E-state index contributed by atoms with van der Waals surface area (Å²) < 4.78 is 25.3. The number of sulfonamides is 1. The molecule has 0 bridgehead atoms. The first kappa shape index (κ1) is 18.9. The Hall–Kier alpha value is -1.40. The second-order valence-electron chi connectivity index (χ2n) is 6.75. The van der Waals surface area contributed by atoms with Crippen molar-refractivity contribution in [1.82, 2.24) is 9.21 Å². The van der Waals surface area contributed by atoms with Gasteiger partial charge in [-0.15, -0.1) is 0 Å². The molecule has 1 aromatic rings. The molecule has 24 heavy (non-hydrogen) atoms. The summed E-state index contributed by atoms with van der Waals surface area (Å²) in [5, 5.41) is 0. The maximum Gasteiger partial charge on any atom is 0.237 e. The summed E-state index contributed by atoms with van der Waals surface area (Å²) in [6.45, 7) is 4.00. The zero-order chi connectivity index (χ0) is 17.6. The van der Waals surface area contributed by atoms with E-state index in [2.05, 4.69) is 6.92 Å². The Morgan fingerprint density at radius 2 is 1.83 bits per heavy atom. The number of hydrogen-bond donors (Lipinski definition) is 0. The molecule has 0 aliphatic carbocycles. The number of likely N-dealkylation sites (tertiary alicyclic amines) is 1. The Morgan fingerprint density at radius 3 is 2.42 bits per heavy atom. The van der Waals surface area contributed by atoms with Crippen molar-refractivity contribution in [2.24, 2.45) is 5.92 Å². The fraction of sp³-hybridized carbons (Fsp3) is 0.611. The molecule has 2 rings (SSSR count). The molecule has 1 aromatic carbocycles. The van der Waals surface area contributed by atoms with Gasteiger partial charge in [-0.3, -0.25) is 4.79 Å². The molecule has 1 saturated heterocycles. The second kappa shape index (κ2) is 8.62. The highest BCUT2D eigenvalue weighted by molar-refractivity contribution is 7.88. The largest absolute Gasteiger partial charge is 0.342 e. The van der Waals surface area contributed by atoms with Gasteiger partial charge in [0.15, 0.2) is 0 Å². The topological polar surface area (TPSA) is 57.7 Å². The number of aryl methyl sites for hydroxylation is 1. The van der Waals surface area contributed by atoms with E-state index < -0.39 is 10.0 Å². The van der Waals surface area contributed by atoms with Gasteiger partial charge in [-0.25, -0.2) is 8.42 Å². The molecule has 0 spiro atoms. The van der Waals surface area contributed by atoms with Crippen LogP contribution in [0.5, 0.6) is 0 Å². The van der Waals surface area contributed by atoms with E-state index in [9.17, 15) is 13.2 Å². The molecule has 1 fully saturated rings. The molecule has 0 unspecified atom stereocenters. The zero-order valence-electron chi connectivity index (χ0n) is 14.6. The van der Waals surface area contributed by atoms with Gasteiger partial charge < -0.3 is 4.90 Å². The summed E-state index contributed by atoms with van der Waals surface area (Å²) in [5.74, 6) is 0.568. The molecule has 134 valence electrons. The van der Waals surface area contributed by atoms with Gasteiger partial charge in [0.05, 0.1) is 12.8 Å². The number of hydrogen-bond acceptors (Lipinski definition) is 3. The van der Waals surface area contributed by atoms with E-state index in [-0.39, 0.29) is 12.5 Å². The third kappa shape index (κ3) is 5.91. The smallest absolute Gasteiger partial charge is 0.237 e. The quantitative estimate of drug-likeness (QED) is 0.755. The maximum absolute atomic E-state index is 12.4. The molecule has 1 heterocycles. The van der Waals surface area contributed by atoms with Crippen LogP contribution in [0.2, 0.25) is 0 Å². The highest BCUT2D eigenvalue weighted by Crippen LogP contribution is 2.16. The average molecular weight is 353 g/mol. The minimum Gasteiger partial charge on any atom is -0.342 e. The SMILES string of the molecule is CC1CCN(C(=O)CN(CCCc2ccccc2)S(C)(=O)=O)CC1. The Bertz CT molecular complexity index is 623. The van der Waals surface area contributed by atoms with Gasteiger partial charge in [-0.2, -0.15) is 4.31 Å². The Balaban J connectivity index is 1.87. The summed E-state index contributed by atoms with van der Waals surface area (Å²) in [7, 11) is -3.38. The van der Waals surface area contributed by atoms with Crippen LogP contribution in [0.25, 0.3) is 0 Å². The molecule has 5 nitrogen and oxygen atoms in total. The van der Waals surface area contributed by atoms with Crippen LogP contribution < -0.4 is 0 Å². The molecular formula is C18H28N2O3S. The highest BCUT2D eigenvalue weighted by Gasteiger charge is 2.25. The predicted octanol–water partition coefficient (Wildman–Crippen LogP) is 2.14. The molecular weight excluding hydrogens is 324 g/mol. The van der Waals surface area contributed by atoms with Crippen molar-refractivity contribution >= 4 is 15.9 Å². The number of amides is 1. The molecule has 1 aliphatic heterocycles. The molecule has 1 amide bonds. The van der Waals surface area contributed by atoms with Crippen molar-refractivity contribution in [2.75, 3.05) is 32.4 Å². The minimum absolute atomic E-state index is 0.0397. The van der Waals surface area contributed by atoms with Gasteiger partial charge in [0, 0.05) is 19.6 Å². The van der Waals surface area contributed by atoms with Crippen LogP contribution in [0, 0.1) is 5.92 Å². The number of piperidine rings is 1. The molecule has 0 radical (unpaired) electrons. The van der Waals surface area contributed by atoms with Gasteiger partial charge in [0.1, 0.15) is 0 Å². The van der Waals surface area contributed by atoms with Crippen LogP contribution in [0.15, 0.2) is 30.3 Å². The minimum atomic E-state index is -3.38. The Morgan fingerprint density at radius 1 is 1.21 bits per heavy atom. The van der Waals surface area contributed by atoms with Gasteiger partial charge in [0.25, 0.3) is 0 Å². The predicted molar refractivity (Wildman–Crippen MR) is 96.2 cm³/mol. The zero-order valence-corrected chi connectivity index (χ0v) is 15.5. The fourth-order valence-corrected chi connectivity index (χ4v) is 3.78. The van der Waals surface area contributed by atoms with Crippen molar-refractivity contribution < 1.29 is 13.2 Å². The van der Waals surface area contributed by atoms with Crippen LogP contribution in [-0.2, 0) is 21.2 Å². The number of nitrogens with zero attached hydrogens (tertiary/aromatic N) is 2. The van der Waals surface area contributed by atoms with Crippen LogP contribution in [0.4, 0.5) is 0 Å². The van der Waals surface area contributed by atoms with E-state index in [0.717, 1.165) is 32.4 Å². The van der Waals surface area contributed by atoms with Crippen LogP contribution in [0.3, 0.4) is 0 Å². The third-order valence-corrected chi connectivity index (χ3v) is 5.88. The van der Waals surface area contributed by atoms with Gasteiger partial charge in [-0.05, 0) is 37.2 Å². The number of benzene rings is 1. The summed E-state index contributed by atoms with van der Waals surface area (Å²) in [6.07, 6.45) is 4.70. The summed E-state index contributed by atoms with van der Waals surface area (Å²) in [4.78, 5) is 14.2. The number of carbonyl (C=O) groups excluding carboxylic acids is 1. The van der Waals surface area contributed by atoms with Gasteiger partial charge in [-0.1, -0.05) is 37.3 Å². The lowest BCUT2D eigenvalue weighted by Crippen LogP contribution is -2.45. The first-order valence-electron chi connectivity index (χ1n) is 8.63. The summed E-state index contributed by atoms with van der Waals surface area (Å²) >= 11 is 0.